The molecule has 1 unspecified atom stereocenters. The van der Waals surface area contributed by atoms with Crippen molar-refractivity contribution in [3.63, 3.8) is 0 Å². The lowest BCUT2D eigenvalue weighted by atomic mass is 9.90. The molecule has 1 N–H and O–H groups in total. The number of halogens is 1. The van der Waals surface area contributed by atoms with Crippen LogP contribution < -0.4 is 0 Å². The fourth-order valence-electron chi connectivity index (χ4n) is 4.04. The maximum absolute atomic E-state index is 11.2. The Balaban J connectivity index is 1.94. The van der Waals surface area contributed by atoms with Gasteiger partial charge in [-0.3, -0.25) is 0 Å². The van der Waals surface area contributed by atoms with Crippen LogP contribution in [-0.2, 0) is 5.60 Å². The minimum Gasteiger partial charge on any atom is -0.385 e. The number of aliphatic hydroxyl groups is 1. The van der Waals surface area contributed by atoms with E-state index in [4.69, 9.17) is 11.6 Å². The highest BCUT2D eigenvalue weighted by Crippen LogP contribution is 2.28. The van der Waals surface area contributed by atoms with Crippen molar-refractivity contribution in [2.75, 3.05) is 19.6 Å². The lowest BCUT2D eigenvalue weighted by Gasteiger charge is -2.29. The smallest absolute Gasteiger partial charge is 0.0880 e. The maximum Gasteiger partial charge on any atom is 0.0880 e. The second kappa shape index (κ2) is 13.9. The van der Waals surface area contributed by atoms with Crippen LogP contribution in [0.2, 0.25) is 5.02 Å². The van der Waals surface area contributed by atoms with E-state index >= 15 is 0 Å². The van der Waals surface area contributed by atoms with Crippen molar-refractivity contribution in [1.82, 2.24) is 4.90 Å². The van der Waals surface area contributed by atoms with Gasteiger partial charge in [-0.15, -0.1) is 0 Å². The molecule has 2 aromatic carbocycles. The van der Waals surface area contributed by atoms with Gasteiger partial charge in [0.05, 0.1) is 5.60 Å². The zero-order valence-corrected chi connectivity index (χ0v) is 20.6. The second-order valence-corrected chi connectivity index (χ2v) is 9.51. The van der Waals surface area contributed by atoms with E-state index in [0.29, 0.717) is 0 Å². The van der Waals surface area contributed by atoms with Crippen LogP contribution in [0.1, 0.15) is 84.1 Å². The van der Waals surface area contributed by atoms with Crippen molar-refractivity contribution >= 4 is 11.6 Å². The average molecular weight is 444 g/mol. The largest absolute Gasteiger partial charge is 0.385 e. The topological polar surface area (TPSA) is 23.5 Å². The number of nitrogens with zero attached hydrogens (tertiary/aromatic N) is 1. The van der Waals surface area contributed by atoms with Crippen LogP contribution in [0.15, 0.2) is 48.5 Å². The number of benzene rings is 2. The number of hydrogen-bond acceptors (Lipinski definition) is 2. The van der Waals surface area contributed by atoms with Gasteiger partial charge in [0.25, 0.3) is 0 Å². The lowest BCUT2D eigenvalue weighted by molar-refractivity contribution is 0.0354. The van der Waals surface area contributed by atoms with Crippen molar-refractivity contribution in [1.29, 1.82) is 0 Å². The van der Waals surface area contributed by atoms with E-state index in [1.807, 2.05) is 31.2 Å². The van der Waals surface area contributed by atoms with Crippen LogP contribution >= 0.6 is 11.6 Å². The molecule has 1 atom stereocenters. The van der Waals surface area contributed by atoms with Gasteiger partial charge in [0.1, 0.15) is 0 Å². The van der Waals surface area contributed by atoms with Crippen molar-refractivity contribution in [2.45, 2.75) is 84.2 Å². The summed E-state index contributed by atoms with van der Waals surface area (Å²) in [5.41, 5.74) is 2.46. The van der Waals surface area contributed by atoms with Gasteiger partial charge in [0.15, 0.2) is 0 Å². The first kappa shape index (κ1) is 25.9. The van der Waals surface area contributed by atoms with E-state index in [9.17, 15) is 5.11 Å². The molecule has 0 aliphatic heterocycles. The second-order valence-electron chi connectivity index (χ2n) is 9.07. The molecule has 0 aliphatic rings. The molecule has 0 aromatic heterocycles. The van der Waals surface area contributed by atoms with Crippen LogP contribution in [0, 0.1) is 0 Å². The Hall–Kier alpha value is -1.35. The Morgan fingerprint density at radius 1 is 0.710 bits per heavy atom. The predicted molar refractivity (Wildman–Crippen MR) is 136 cm³/mol. The van der Waals surface area contributed by atoms with Crippen LogP contribution in [0.5, 0.6) is 0 Å². The molecule has 3 heteroatoms. The van der Waals surface area contributed by atoms with Crippen LogP contribution in [0.4, 0.5) is 0 Å². The SMILES string of the molecule is CCCCCCN(CCCCCC)CCC(C)(O)c1ccc(-c2ccc(Cl)cc2)cc1. The molecular weight excluding hydrogens is 402 g/mol. The Morgan fingerprint density at radius 3 is 1.68 bits per heavy atom. The average Bonchev–Trinajstić information content (AvgIpc) is 2.78. The van der Waals surface area contributed by atoms with Crippen LogP contribution in [0.25, 0.3) is 11.1 Å². The highest BCUT2D eigenvalue weighted by atomic mass is 35.5. The van der Waals surface area contributed by atoms with Crippen molar-refractivity contribution in [3.05, 3.63) is 59.1 Å². The standard InChI is InChI=1S/C28H42ClNO/c1-4-6-8-10-21-30(22-11-9-7-5-2)23-20-28(3,31)26-16-12-24(13-17-26)25-14-18-27(29)19-15-25/h12-19,31H,4-11,20-23H2,1-3H3. The summed E-state index contributed by atoms with van der Waals surface area (Å²) >= 11 is 6.00. The summed E-state index contributed by atoms with van der Waals surface area (Å²) in [5.74, 6) is 0. The number of unbranched alkanes of at least 4 members (excludes halogenated alkanes) is 6. The molecule has 0 saturated heterocycles. The zero-order chi connectivity index (χ0) is 22.5. The Bertz CT molecular complexity index is 712. The first-order chi connectivity index (χ1) is 15.0. The highest BCUT2D eigenvalue weighted by molar-refractivity contribution is 6.30. The van der Waals surface area contributed by atoms with Gasteiger partial charge in [-0.2, -0.15) is 0 Å². The van der Waals surface area contributed by atoms with Gasteiger partial charge in [-0.25, -0.2) is 0 Å². The minimum atomic E-state index is -0.816. The van der Waals surface area contributed by atoms with Crippen molar-refractivity contribution < 1.29 is 5.11 Å². The van der Waals surface area contributed by atoms with Crippen molar-refractivity contribution in [2.24, 2.45) is 0 Å². The molecule has 2 nitrogen and oxygen atoms in total. The van der Waals surface area contributed by atoms with Crippen LogP contribution in [0.3, 0.4) is 0 Å². The third-order valence-corrected chi connectivity index (χ3v) is 6.51. The van der Waals surface area contributed by atoms with Gasteiger partial charge in [-0.1, -0.05) is 100 Å². The molecular formula is C28H42ClNO. The summed E-state index contributed by atoms with van der Waals surface area (Å²) in [5, 5.41) is 12.0. The predicted octanol–water partition coefficient (Wildman–Crippen LogP) is 8.07. The molecule has 0 bridgehead atoms. The summed E-state index contributed by atoms with van der Waals surface area (Å²) in [7, 11) is 0. The Labute approximate surface area is 195 Å². The van der Waals surface area contributed by atoms with E-state index in [1.165, 1.54) is 51.4 Å². The van der Waals surface area contributed by atoms with Gasteiger partial charge in [0.2, 0.25) is 0 Å². The lowest BCUT2D eigenvalue weighted by Crippen LogP contribution is -2.33. The monoisotopic (exact) mass is 443 g/mol. The fourth-order valence-corrected chi connectivity index (χ4v) is 4.17. The molecule has 0 heterocycles. The quantitative estimate of drug-likeness (QED) is 0.281. The molecule has 0 aliphatic carbocycles. The summed E-state index contributed by atoms with van der Waals surface area (Å²) in [4.78, 5) is 2.57. The molecule has 0 amide bonds. The van der Waals surface area contributed by atoms with Gasteiger partial charge < -0.3 is 10.0 Å². The van der Waals surface area contributed by atoms with E-state index in [2.05, 4.69) is 43.0 Å². The summed E-state index contributed by atoms with van der Waals surface area (Å²) in [6.07, 6.45) is 11.1. The molecule has 0 spiro atoms. The Kier molecular flexibility index (Phi) is 11.6. The summed E-state index contributed by atoms with van der Waals surface area (Å²) < 4.78 is 0. The highest BCUT2D eigenvalue weighted by Gasteiger charge is 2.24. The van der Waals surface area contributed by atoms with E-state index in [-0.39, 0.29) is 0 Å². The number of hydrogen-bond donors (Lipinski definition) is 1. The molecule has 0 saturated carbocycles. The van der Waals surface area contributed by atoms with E-state index in [0.717, 1.165) is 47.8 Å². The molecule has 0 radical (unpaired) electrons. The van der Waals surface area contributed by atoms with Gasteiger partial charge in [0, 0.05) is 11.6 Å². The third-order valence-electron chi connectivity index (χ3n) is 6.25. The van der Waals surface area contributed by atoms with Gasteiger partial charge in [-0.05, 0) is 68.1 Å². The molecule has 2 aromatic rings. The minimum absolute atomic E-state index is 0.747. The van der Waals surface area contributed by atoms with E-state index in [1.54, 1.807) is 0 Å². The van der Waals surface area contributed by atoms with Gasteiger partial charge >= 0.3 is 0 Å². The molecule has 0 fully saturated rings. The molecule has 31 heavy (non-hydrogen) atoms. The number of rotatable bonds is 15. The fraction of sp³-hybridized carbons (Fsp3) is 0.571. The van der Waals surface area contributed by atoms with Crippen LogP contribution in [-0.4, -0.2) is 29.6 Å². The first-order valence-corrected chi connectivity index (χ1v) is 12.6. The first-order valence-electron chi connectivity index (χ1n) is 12.3. The van der Waals surface area contributed by atoms with Crippen molar-refractivity contribution in [3.8, 4) is 11.1 Å². The van der Waals surface area contributed by atoms with E-state index < -0.39 is 5.60 Å². The zero-order valence-electron chi connectivity index (χ0n) is 19.9. The summed E-state index contributed by atoms with van der Waals surface area (Å²) in [6.45, 7) is 9.73. The summed E-state index contributed by atoms with van der Waals surface area (Å²) in [6, 6.07) is 16.2. The molecule has 172 valence electrons. The maximum atomic E-state index is 11.2. The third kappa shape index (κ3) is 9.35. The normalized spacial score (nSPS) is 13.5. The Morgan fingerprint density at radius 2 is 1.19 bits per heavy atom. The molecule has 2 rings (SSSR count).